The molecule has 1 aromatic carbocycles. The molecule has 0 aliphatic rings. The van der Waals surface area contributed by atoms with E-state index in [0.717, 1.165) is 0 Å². The highest BCUT2D eigenvalue weighted by Gasteiger charge is 2.08. The highest BCUT2D eigenvalue weighted by atomic mass is 19.1. The lowest BCUT2D eigenvalue weighted by atomic mass is 10.1. The van der Waals surface area contributed by atoms with E-state index in [2.05, 4.69) is 26.1 Å². The molecule has 0 spiro atoms. The highest BCUT2D eigenvalue weighted by molar-refractivity contribution is 5.36. The van der Waals surface area contributed by atoms with E-state index in [4.69, 9.17) is 10.00 Å². The minimum Gasteiger partial charge on any atom is -0.492 e. The van der Waals surface area contributed by atoms with Gasteiger partial charge in [-0.2, -0.15) is 5.26 Å². The van der Waals surface area contributed by atoms with Crippen molar-refractivity contribution in [2.75, 3.05) is 13.2 Å². The molecule has 0 aliphatic carbocycles. The van der Waals surface area contributed by atoms with Crippen molar-refractivity contribution in [1.29, 1.82) is 5.26 Å². The van der Waals surface area contributed by atoms with Gasteiger partial charge in [0.25, 0.3) is 0 Å². The van der Waals surface area contributed by atoms with Crippen LogP contribution in [0, 0.1) is 17.1 Å². The van der Waals surface area contributed by atoms with E-state index < -0.39 is 5.82 Å². The molecule has 1 aromatic rings. The van der Waals surface area contributed by atoms with Crippen molar-refractivity contribution in [1.82, 2.24) is 5.32 Å². The molecule has 0 heterocycles. The summed E-state index contributed by atoms with van der Waals surface area (Å²) in [5.41, 5.74) is 0.0735. The predicted molar refractivity (Wildman–Crippen MR) is 64.4 cm³/mol. The van der Waals surface area contributed by atoms with Crippen LogP contribution in [-0.4, -0.2) is 18.7 Å². The zero-order valence-electron chi connectivity index (χ0n) is 10.4. The summed E-state index contributed by atoms with van der Waals surface area (Å²) in [4.78, 5) is 0. The molecule has 0 amide bonds. The maximum absolute atomic E-state index is 13.2. The molecule has 0 bridgehead atoms. The van der Waals surface area contributed by atoms with Gasteiger partial charge >= 0.3 is 0 Å². The Labute approximate surface area is 101 Å². The predicted octanol–water partition coefficient (Wildman–Crippen LogP) is 2.46. The quantitative estimate of drug-likeness (QED) is 0.817. The zero-order chi connectivity index (χ0) is 12.9. The topological polar surface area (TPSA) is 45.0 Å². The molecular formula is C13H17FN2O. The van der Waals surface area contributed by atoms with Crippen LogP contribution in [0.15, 0.2) is 18.2 Å². The summed E-state index contributed by atoms with van der Waals surface area (Å²) in [6, 6.07) is 6.01. The number of hydrogen-bond donors (Lipinski definition) is 1. The van der Waals surface area contributed by atoms with Crippen LogP contribution in [0.2, 0.25) is 0 Å². The third kappa shape index (κ3) is 4.83. The molecule has 0 atom stereocenters. The molecule has 0 aromatic heterocycles. The average Bonchev–Trinajstić information content (AvgIpc) is 2.23. The monoisotopic (exact) mass is 236 g/mol. The Kier molecular flexibility index (Phi) is 4.47. The first-order chi connectivity index (χ1) is 7.92. The van der Waals surface area contributed by atoms with E-state index in [1.807, 2.05) is 0 Å². The fraction of sp³-hybridized carbons (Fsp3) is 0.462. The molecule has 0 unspecified atom stereocenters. The fourth-order valence-electron chi connectivity index (χ4n) is 1.27. The summed E-state index contributed by atoms with van der Waals surface area (Å²) in [6.45, 7) is 7.34. The van der Waals surface area contributed by atoms with E-state index in [1.54, 1.807) is 12.1 Å². The van der Waals surface area contributed by atoms with Gasteiger partial charge in [-0.05, 0) is 32.9 Å². The first-order valence-electron chi connectivity index (χ1n) is 5.50. The first kappa shape index (κ1) is 13.5. The Bertz CT molecular complexity index is 418. The molecule has 0 aliphatic heterocycles. The van der Waals surface area contributed by atoms with Crippen LogP contribution in [-0.2, 0) is 0 Å². The molecule has 0 fully saturated rings. The SMILES string of the molecule is CC(C)(C)NCCOc1ccc(C#N)c(F)c1. The lowest BCUT2D eigenvalue weighted by Gasteiger charge is -2.20. The Hall–Kier alpha value is -1.60. The van der Waals surface area contributed by atoms with Gasteiger partial charge in [-0.1, -0.05) is 0 Å². The molecule has 1 rings (SSSR count). The Morgan fingerprint density at radius 2 is 2.12 bits per heavy atom. The number of rotatable bonds is 4. The van der Waals surface area contributed by atoms with E-state index >= 15 is 0 Å². The molecule has 3 nitrogen and oxygen atoms in total. The number of ether oxygens (including phenoxy) is 1. The van der Waals surface area contributed by atoms with Crippen molar-refractivity contribution in [3.05, 3.63) is 29.6 Å². The summed E-state index contributed by atoms with van der Waals surface area (Å²) in [6.07, 6.45) is 0. The summed E-state index contributed by atoms with van der Waals surface area (Å²) in [7, 11) is 0. The number of nitrogens with zero attached hydrogens (tertiary/aromatic N) is 1. The zero-order valence-corrected chi connectivity index (χ0v) is 10.4. The lowest BCUT2D eigenvalue weighted by molar-refractivity contribution is 0.290. The van der Waals surface area contributed by atoms with Crippen LogP contribution in [0.1, 0.15) is 26.3 Å². The van der Waals surface area contributed by atoms with Gasteiger partial charge in [0.2, 0.25) is 0 Å². The van der Waals surface area contributed by atoms with E-state index in [-0.39, 0.29) is 11.1 Å². The molecule has 92 valence electrons. The Morgan fingerprint density at radius 3 is 2.65 bits per heavy atom. The maximum atomic E-state index is 13.2. The maximum Gasteiger partial charge on any atom is 0.144 e. The van der Waals surface area contributed by atoms with Gasteiger partial charge in [-0.3, -0.25) is 0 Å². The van der Waals surface area contributed by atoms with Gasteiger partial charge in [0.1, 0.15) is 24.2 Å². The van der Waals surface area contributed by atoms with Crippen molar-refractivity contribution in [2.24, 2.45) is 0 Å². The number of benzene rings is 1. The van der Waals surface area contributed by atoms with Crippen LogP contribution in [0.5, 0.6) is 5.75 Å². The van der Waals surface area contributed by atoms with Gasteiger partial charge in [-0.15, -0.1) is 0 Å². The van der Waals surface area contributed by atoms with Crippen LogP contribution < -0.4 is 10.1 Å². The Morgan fingerprint density at radius 1 is 1.41 bits per heavy atom. The molecule has 4 heteroatoms. The number of nitriles is 1. The van der Waals surface area contributed by atoms with Crippen molar-refractivity contribution < 1.29 is 9.13 Å². The van der Waals surface area contributed by atoms with Crippen LogP contribution in [0.25, 0.3) is 0 Å². The summed E-state index contributed by atoms with van der Waals surface area (Å²) < 4.78 is 18.6. The van der Waals surface area contributed by atoms with Gasteiger partial charge in [0.05, 0.1) is 5.56 Å². The molecule has 17 heavy (non-hydrogen) atoms. The summed E-state index contributed by atoms with van der Waals surface area (Å²) in [5, 5.41) is 11.8. The van der Waals surface area contributed by atoms with Crippen LogP contribution >= 0.6 is 0 Å². The van der Waals surface area contributed by atoms with Crippen LogP contribution in [0.4, 0.5) is 4.39 Å². The lowest BCUT2D eigenvalue weighted by Crippen LogP contribution is -2.38. The third-order valence-electron chi connectivity index (χ3n) is 2.09. The number of halogens is 1. The smallest absolute Gasteiger partial charge is 0.144 e. The van der Waals surface area contributed by atoms with Crippen molar-refractivity contribution in [3.8, 4) is 11.8 Å². The minimum atomic E-state index is -0.547. The molecule has 0 saturated carbocycles. The van der Waals surface area contributed by atoms with Crippen molar-refractivity contribution >= 4 is 0 Å². The van der Waals surface area contributed by atoms with E-state index in [0.29, 0.717) is 18.9 Å². The molecule has 1 N–H and O–H groups in total. The van der Waals surface area contributed by atoms with E-state index in [1.165, 1.54) is 12.1 Å². The highest BCUT2D eigenvalue weighted by Crippen LogP contribution is 2.15. The molecule has 0 saturated heterocycles. The third-order valence-corrected chi connectivity index (χ3v) is 2.09. The number of hydrogen-bond acceptors (Lipinski definition) is 3. The normalized spacial score (nSPS) is 11.0. The second kappa shape index (κ2) is 5.65. The summed E-state index contributed by atoms with van der Waals surface area (Å²) in [5.74, 6) is -0.106. The molecule has 0 radical (unpaired) electrons. The Balaban J connectivity index is 2.43. The summed E-state index contributed by atoms with van der Waals surface area (Å²) >= 11 is 0. The van der Waals surface area contributed by atoms with Gasteiger partial charge in [0.15, 0.2) is 0 Å². The van der Waals surface area contributed by atoms with Crippen molar-refractivity contribution in [2.45, 2.75) is 26.3 Å². The second-order valence-electron chi connectivity index (χ2n) is 4.78. The van der Waals surface area contributed by atoms with Gasteiger partial charge in [0, 0.05) is 18.2 Å². The van der Waals surface area contributed by atoms with Crippen LogP contribution in [0.3, 0.4) is 0 Å². The largest absolute Gasteiger partial charge is 0.492 e. The second-order valence-corrected chi connectivity index (χ2v) is 4.78. The molecular weight excluding hydrogens is 219 g/mol. The van der Waals surface area contributed by atoms with Crippen molar-refractivity contribution in [3.63, 3.8) is 0 Å². The van der Waals surface area contributed by atoms with Gasteiger partial charge < -0.3 is 10.1 Å². The van der Waals surface area contributed by atoms with Gasteiger partial charge in [-0.25, -0.2) is 4.39 Å². The fourth-order valence-corrected chi connectivity index (χ4v) is 1.27. The standard InChI is InChI=1S/C13H17FN2O/c1-13(2,3)16-6-7-17-11-5-4-10(9-15)12(14)8-11/h4-5,8,16H,6-7H2,1-3H3. The minimum absolute atomic E-state index is 0.0326. The number of nitrogens with one attached hydrogen (secondary N) is 1. The van der Waals surface area contributed by atoms with E-state index in [9.17, 15) is 4.39 Å². The average molecular weight is 236 g/mol. The first-order valence-corrected chi connectivity index (χ1v) is 5.50.